The van der Waals surface area contributed by atoms with Crippen LogP contribution in [-0.4, -0.2) is 19.9 Å². The number of rotatable bonds is 5. The normalized spacial score (nSPS) is 11.7. The van der Waals surface area contributed by atoms with E-state index in [1.807, 2.05) is 48.5 Å². The number of aromatic nitrogens is 4. The van der Waals surface area contributed by atoms with Gasteiger partial charge in [0.2, 0.25) is 0 Å². The van der Waals surface area contributed by atoms with Gasteiger partial charge in [-0.25, -0.2) is 9.97 Å². The second kappa shape index (κ2) is 10.1. The van der Waals surface area contributed by atoms with Crippen molar-refractivity contribution in [3.8, 4) is 33.8 Å². The molecule has 43 heavy (non-hydrogen) atoms. The molecule has 206 valence electrons. The Morgan fingerprint density at radius 1 is 0.535 bits per heavy atom. The van der Waals surface area contributed by atoms with Crippen LogP contribution in [0.3, 0.4) is 0 Å². The van der Waals surface area contributed by atoms with E-state index in [2.05, 4.69) is 74.5 Å². The summed E-state index contributed by atoms with van der Waals surface area (Å²) in [6.45, 7) is 4.28. The van der Waals surface area contributed by atoms with Gasteiger partial charge in [0.15, 0.2) is 11.4 Å². The highest BCUT2D eigenvalue weighted by atomic mass is 16.3. The summed E-state index contributed by atoms with van der Waals surface area (Å²) in [6.07, 6.45) is 1.74. The molecule has 0 bridgehead atoms. The quantitative estimate of drug-likeness (QED) is 0.198. The van der Waals surface area contributed by atoms with Crippen LogP contribution >= 0.6 is 0 Å². The Bertz CT molecular complexity index is 2300. The van der Waals surface area contributed by atoms with Gasteiger partial charge in [-0.3, -0.25) is 9.97 Å². The molecule has 0 saturated carbocycles. The minimum Gasteiger partial charge on any atom is -0.452 e. The molecule has 8 rings (SSSR count). The lowest BCUT2D eigenvalue weighted by Crippen LogP contribution is -1.96. The fourth-order valence-electron chi connectivity index (χ4n) is 5.89. The van der Waals surface area contributed by atoms with Gasteiger partial charge in [0.1, 0.15) is 16.8 Å². The number of hydrogen-bond acceptors (Lipinski definition) is 5. The summed E-state index contributed by atoms with van der Waals surface area (Å²) in [7, 11) is 0. The predicted octanol–water partition coefficient (Wildman–Crippen LogP) is 9.60. The number of para-hydroxylation sites is 1. The molecule has 0 fully saturated rings. The van der Waals surface area contributed by atoms with E-state index in [0.29, 0.717) is 11.4 Å². The van der Waals surface area contributed by atoms with Crippen LogP contribution in [0.25, 0.3) is 77.6 Å². The van der Waals surface area contributed by atoms with Crippen LogP contribution in [0.5, 0.6) is 0 Å². The Labute approximate surface area is 248 Å². The number of benzene rings is 4. The molecular weight excluding hydrogens is 528 g/mol. The van der Waals surface area contributed by atoms with E-state index in [9.17, 15) is 0 Å². The molecule has 0 radical (unpaired) electrons. The molecule has 0 atom stereocenters. The second-order valence-electron chi connectivity index (χ2n) is 10.8. The molecule has 5 heteroatoms. The Kier molecular flexibility index (Phi) is 5.97. The fourth-order valence-corrected chi connectivity index (χ4v) is 5.89. The number of furan rings is 1. The summed E-state index contributed by atoms with van der Waals surface area (Å²) in [4.78, 5) is 20.0. The van der Waals surface area contributed by atoms with Gasteiger partial charge < -0.3 is 4.42 Å². The van der Waals surface area contributed by atoms with E-state index in [1.54, 1.807) is 0 Å². The maximum atomic E-state index is 6.35. The first kappa shape index (κ1) is 25.3. The maximum Gasteiger partial charge on any atom is 0.180 e. The minimum absolute atomic E-state index is 0.678. The summed E-state index contributed by atoms with van der Waals surface area (Å²) >= 11 is 0. The van der Waals surface area contributed by atoms with Gasteiger partial charge >= 0.3 is 0 Å². The summed E-state index contributed by atoms with van der Waals surface area (Å²) in [6, 6.07) is 37.5. The first-order valence-corrected chi connectivity index (χ1v) is 14.8. The molecule has 5 nitrogen and oxygen atoms in total. The van der Waals surface area contributed by atoms with Crippen LogP contribution < -0.4 is 0 Å². The summed E-state index contributed by atoms with van der Waals surface area (Å²) in [5, 5.41) is 3.20. The number of fused-ring (bicyclic) bond motifs is 6. The SMILES string of the molecule is CCc1ccc2ccc3c(-c4ccc(-c5nc(-c6ccccc6)nc6c5oc5ccccc56)cc4)cc(CC)nc3c2n1. The molecule has 0 unspecified atom stereocenters. The Morgan fingerprint density at radius 3 is 2.07 bits per heavy atom. The third-order valence-corrected chi connectivity index (χ3v) is 8.20. The smallest absolute Gasteiger partial charge is 0.180 e. The third-order valence-electron chi connectivity index (χ3n) is 8.20. The van der Waals surface area contributed by atoms with Crippen molar-refractivity contribution in [3.63, 3.8) is 0 Å². The molecule has 0 amide bonds. The van der Waals surface area contributed by atoms with Gasteiger partial charge in [-0.05, 0) is 48.2 Å². The van der Waals surface area contributed by atoms with Crippen molar-refractivity contribution >= 4 is 43.9 Å². The monoisotopic (exact) mass is 556 g/mol. The number of aryl methyl sites for hydroxylation is 2. The molecule has 4 aromatic carbocycles. The lowest BCUT2D eigenvalue weighted by Gasteiger charge is -2.12. The third kappa shape index (κ3) is 4.24. The van der Waals surface area contributed by atoms with E-state index < -0.39 is 0 Å². The zero-order valence-corrected chi connectivity index (χ0v) is 24.0. The van der Waals surface area contributed by atoms with E-state index in [4.69, 9.17) is 24.4 Å². The standard InChI is InChI=1S/C38H28N4O/c1-3-27-20-18-24-19-21-29-31(22-28(4-2)40-35(29)33(24)39-27)23-14-16-25(17-15-23)34-37-36(30-12-8-9-13-32(30)43-37)42-38(41-34)26-10-6-5-7-11-26/h5-22H,3-4H2,1-2H3. The van der Waals surface area contributed by atoms with Crippen LogP contribution in [0, 0.1) is 0 Å². The Morgan fingerprint density at radius 2 is 1.26 bits per heavy atom. The van der Waals surface area contributed by atoms with Crippen molar-refractivity contribution < 1.29 is 4.42 Å². The van der Waals surface area contributed by atoms with Crippen molar-refractivity contribution in [3.05, 3.63) is 121 Å². The van der Waals surface area contributed by atoms with Gasteiger partial charge in [-0.1, -0.05) is 98.8 Å². The molecule has 0 aliphatic carbocycles. The highest BCUT2D eigenvalue weighted by Crippen LogP contribution is 2.37. The van der Waals surface area contributed by atoms with E-state index in [0.717, 1.165) is 90.5 Å². The molecule has 0 N–H and O–H groups in total. The van der Waals surface area contributed by atoms with Crippen LogP contribution in [0.1, 0.15) is 25.2 Å². The van der Waals surface area contributed by atoms with Crippen LogP contribution in [-0.2, 0) is 12.8 Å². The first-order valence-electron chi connectivity index (χ1n) is 14.8. The average Bonchev–Trinajstić information content (AvgIpc) is 3.46. The van der Waals surface area contributed by atoms with Crippen LogP contribution in [0.2, 0.25) is 0 Å². The van der Waals surface area contributed by atoms with Crippen LogP contribution in [0.4, 0.5) is 0 Å². The Hall–Kier alpha value is -5.42. The van der Waals surface area contributed by atoms with Crippen molar-refractivity contribution in [2.24, 2.45) is 0 Å². The molecule has 0 aliphatic heterocycles. The fraction of sp³-hybridized carbons (Fsp3) is 0.105. The zero-order valence-electron chi connectivity index (χ0n) is 24.0. The molecule has 0 spiro atoms. The zero-order chi connectivity index (χ0) is 28.9. The molecular formula is C38H28N4O. The average molecular weight is 557 g/mol. The van der Waals surface area contributed by atoms with E-state index >= 15 is 0 Å². The summed E-state index contributed by atoms with van der Waals surface area (Å²) in [5.41, 5.74) is 11.4. The van der Waals surface area contributed by atoms with Gasteiger partial charge in [-0.2, -0.15) is 0 Å². The second-order valence-corrected chi connectivity index (χ2v) is 10.8. The molecule has 0 aliphatic rings. The van der Waals surface area contributed by atoms with Gasteiger partial charge in [0.05, 0.1) is 11.0 Å². The van der Waals surface area contributed by atoms with E-state index in [1.165, 1.54) is 0 Å². The lowest BCUT2D eigenvalue weighted by atomic mass is 9.96. The summed E-state index contributed by atoms with van der Waals surface area (Å²) in [5.74, 6) is 0.678. The van der Waals surface area contributed by atoms with Crippen molar-refractivity contribution in [2.45, 2.75) is 26.7 Å². The lowest BCUT2D eigenvalue weighted by molar-refractivity contribution is 0.667. The topological polar surface area (TPSA) is 64.7 Å². The van der Waals surface area contributed by atoms with Gasteiger partial charge in [0, 0.05) is 38.7 Å². The molecule has 8 aromatic rings. The number of hydrogen-bond donors (Lipinski definition) is 0. The summed E-state index contributed by atoms with van der Waals surface area (Å²) < 4.78 is 6.35. The highest BCUT2D eigenvalue weighted by molar-refractivity contribution is 6.09. The number of nitrogens with zero attached hydrogens (tertiary/aromatic N) is 4. The molecule has 4 heterocycles. The number of pyridine rings is 2. The minimum atomic E-state index is 0.678. The van der Waals surface area contributed by atoms with Crippen molar-refractivity contribution in [1.29, 1.82) is 0 Å². The van der Waals surface area contributed by atoms with Gasteiger partial charge in [-0.15, -0.1) is 0 Å². The first-order chi connectivity index (χ1) is 21.2. The Balaban J connectivity index is 1.31. The predicted molar refractivity (Wildman–Crippen MR) is 175 cm³/mol. The van der Waals surface area contributed by atoms with Crippen molar-refractivity contribution in [2.75, 3.05) is 0 Å². The van der Waals surface area contributed by atoms with E-state index in [-0.39, 0.29) is 0 Å². The van der Waals surface area contributed by atoms with Crippen LogP contribution in [0.15, 0.2) is 114 Å². The highest BCUT2D eigenvalue weighted by Gasteiger charge is 2.19. The van der Waals surface area contributed by atoms with Crippen molar-refractivity contribution in [1.82, 2.24) is 19.9 Å². The van der Waals surface area contributed by atoms with Gasteiger partial charge in [0.25, 0.3) is 0 Å². The molecule has 0 saturated heterocycles. The molecule has 4 aromatic heterocycles. The maximum absolute atomic E-state index is 6.35. The largest absolute Gasteiger partial charge is 0.452 e.